The minimum atomic E-state index is -0.474. The maximum absolute atomic E-state index is 12.0. The summed E-state index contributed by atoms with van der Waals surface area (Å²) in [5.41, 5.74) is 0.858. The summed E-state index contributed by atoms with van der Waals surface area (Å²) >= 11 is 3.31. The van der Waals surface area contributed by atoms with Crippen LogP contribution in [0.2, 0.25) is 0 Å². The topological polar surface area (TPSA) is 43.4 Å². The molecule has 0 atom stereocenters. The van der Waals surface area contributed by atoms with Crippen molar-refractivity contribution in [2.75, 3.05) is 0 Å². The number of ether oxygens (including phenoxy) is 1. The van der Waals surface area contributed by atoms with Crippen LogP contribution < -0.4 is 4.74 Å². The van der Waals surface area contributed by atoms with E-state index in [1.807, 2.05) is 6.07 Å². The average Bonchev–Trinajstić information content (AvgIpc) is 2.49. The van der Waals surface area contributed by atoms with E-state index in [1.165, 1.54) is 0 Å². The van der Waals surface area contributed by atoms with Gasteiger partial charge in [-0.25, -0.2) is 4.79 Å². The maximum atomic E-state index is 12.0. The lowest BCUT2D eigenvalue weighted by molar-refractivity contribution is 0.0732. The molecule has 2 aromatic carbocycles. The zero-order valence-corrected chi connectivity index (χ0v) is 12.5. The molecular formula is C16H13BrO3. The van der Waals surface area contributed by atoms with Gasteiger partial charge in [-0.2, -0.15) is 0 Å². The molecule has 0 N–H and O–H groups in total. The SMILES string of the molecule is CCC(=O)c1cc(Br)ccc1OC(=O)c1ccccc1. The summed E-state index contributed by atoms with van der Waals surface area (Å²) in [5, 5.41) is 0. The van der Waals surface area contributed by atoms with Crippen LogP contribution in [0, 0.1) is 0 Å². The molecule has 2 aromatic rings. The van der Waals surface area contributed by atoms with Gasteiger partial charge in [0.2, 0.25) is 0 Å². The predicted octanol–water partition coefficient (Wildman–Crippen LogP) is 4.26. The first kappa shape index (κ1) is 14.5. The lowest BCUT2D eigenvalue weighted by atomic mass is 10.1. The molecule has 3 nitrogen and oxygen atoms in total. The van der Waals surface area contributed by atoms with Crippen LogP contribution in [0.5, 0.6) is 5.75 Å². The molecule has 0 unspecified atom stereocenters. The number of ketones is 1. The summed E-state index contributed by atoms with van der Waals surface area (Å²) in [6, 6.07) is 13.7. The Morgan fingerprint density at radius 2 is 1.80 bits per heavy atom. The highest BCUT2D eigenvalue weighted by atomic mass is 79.9. The van der Waals surface area contributed by atoms with Gasteiger partial charge < -0.3 is 4.74 Å². The average molecular weight is 333 g/mol. The van der Waals surface area contributed by atoms with Gasteiger partial charge in [-0.15, -0.1) is 0 Å². The summed E-state index contributed by atoms with van der Waals surface area (Å²) in [5.74, 6) is -0.255. The normalized spacial score (nSPS) is 10.1. The molecule has 0 aliphatic rings. The van der Waals surface area contributed by atoms with Gasteiger partial charge in [-0.3, -0.25) is 4.79 Å². The van der Waals surface area contributed by atoms with Crippen molar-refractivity contribution in [1.82, 2.24) is 0 Å². The molecule has 0 aliphatic carbocycles. The van der Waals surface area contributed by atoms with E-state index in [4.69, 9.17) is 4.74 Å². The van der Waals surface area contributed by atoms with E-state index in [0.717, 1.165) is 4.47 Å². The largest absolute Gasteiger partial charge is 0.422 e. The third kappa shape index (κ3) is 3.33. The Balaban J connectivity index is 2.30. The fourth-order valence-electron chi connectivity index (χ4n) is 1.73. The van der Waals surface area contributed by atoms with E-state index in [1.54, 1.807) is 49.4 Å². The standard InChI is InChI=1S/C16H13BrO3/c1-2-14(18)13-10-12(17)8-9-15(13)20-16(19)11-6-4-3-5-7-11/h3-10H,2H2,1H3. The van der Waals surface area contributed by atoms with Crippen molar-refractivity contribution >= 4 is 27.7 Å². The van der Waals surface area contributed by atoms with Gasteiger partial charge in [0.15, 0.2) is 5.78 Å². The van der Waals surface area contributed by atoms with Gasteiger partial charge >= 0.3 is 5.97 Å². The molecule has 0 fully saturated rings. The van der Waals surface area contributed by atoms with Crippen molar-refractivity contribution in [1.29, 1.82) is 0 Å². The summed E-state index contributed by atoms with van der Waals surface area (Å²) in [6.45, 7) is 1.77. The molecule has 4 heteroatoms. The first-order chi connectivity index (χ1) is 9.61. The highest BCUT2D eigenvalue weighted by Crippen LogP contribution is 2.25. The molecule has 0 aromatic heterocycles. The van der Waals surface area contributed by atoms with Gasteiger partial charge in [0.05, 0.1) is 11.1 Å². The molecule has 0 aliphatic heterocycles. The number of carbonyl (C=O) groups is 2. The molecule has 0 bridgehead atoms. The van der Waals surface area contributed by atoms with Gasteiger partial charge in [0, 0.05) is 10.9 Å². The third-order valence-corrected chi connectivity index (χ3v) is 3.27. The summed E-state index contributed by atoms with van der Waals surface area (Å²) in [6.07, 6.45) is 0.354. The monoisotopic (exact) mass is 332 g/mol. The van der Waals surface area contributed by atoms with E-state index in [-0.39, 0.29) is 11.5 Å². The maximum Gasteiger partial charge on any atom is 0.343 e. The Labute approximate surface area is 125 Å². The van der Waals surface area contributed by atoms with E-state index in [0.29, 0.717) is 17.5 Å². The Morgan fingerprint density at radius 3 is 2.45 bits per heavy atom. The van der Waals surface area contributed by atoms with Crippen molar-refractivity contribution < 1.29 is 14.3 Å². The second-order valence-electron chi connectivity index (χ2n) is 4.17. The molecule has 102 valence electrons. The Kier molecular flexibility index (Phi) is 4.69. The highest BCUT2D eigenvalue weighted by molar-refractivity contribution is 9.10. The Morgan fingerprint density at radius 1 is 1.10 bits per heavy atom. The van der Waals surface area contributed by atoms with E-state index < -0.39 is 5.97 Å². The molecule has 0 spiro atoms. The highest BCUT2D eigenvalue weighted by Gasteiger charge is 2.15. The van der Waals surface area contributed by atoms with Gasteiger partial charge in [0.1, 0.15) is 5.75 Å². The Bertz CT molecular complexity index is 635. The van der Waals surface area contributed by atoms with Crippen LogP contribution in [0.25, 0.3) is 0 Å². The zero-order chi connectivity index (χ0) is 14.5. The lowest BCUT2D eigenvalue weighted by Crippen LogP contribution is -2.11. The fraction of sp³-hybridized carbons (Fsp3) is 0.125. The van der Waals surface area contributed by atoms with Crippen LogP contribution in [0.3, 0.4) is 0 Å². The number of halogens is 1. The molecule has 0 saturated heterocycles. The van der Waals surface area contributed by atoms with Gasteiger partial charge in [0.25, 0.3) is 0 Å². The molecule has 20 heavy (non-hydrogen) atoms. The molecule has 0 heterocycles. The van der Waals surface area contributed by atoms with Crippen LogP contribution >= 0.6 is 15.9 Å². The smallest absolute Gasteiger partial charge is 0.343 e. The molecule has 0 amide bonds. The van der Waals surface area contributed by atoms with Crippen LogP contribution in [0.15, 0.2) is 53.0 Å². The number of benzene rings is 2. The predicted molar refractivity (Wildman–Crippen MR) is 80.2 cm³/mol. The van der Waals surface area contributed by atoms with Crippen LogP contribution in [-0.4, -0.2) is 11.8 Å². The summed E-state index contributed by atoms with van der Waals surface area (Å²) in [4.78, 5) is 23.9. The zero-order valence-electron chi connectivity index (χ0n) is 10.9. The van der Waals surface area contributed by atoms with Crippen molar-refractivity contribution in [3.63, 3.8) is 0 Å². The van der Waals surface area contributed by atoms with Gasteiger partial charge in [-0.05, 0) is 30.3 Å². The van der Waals surface area contributed by atoms with Gasteiger partial charge in [-0.1, -0.05) is 41.1 Å². The van der Waals surface area contributed by atoms with Crippen molar-refractivity contribution in [2.24, 2.45) is 0 Å². The second kappa shape index (κ2) is 6.48. The molecular weight excluding hydrogens is 320 g/mol. The van der Waals surface area contributed by atoms with E-state index >= 15 is 0 Å². The lowest BCUT2D eigenvalue weighted by Gasteiger charge is -2.09. The second-order valence-corrected chi connectivity index (χ2v) is 5.09. The minimum absolute atomic E-state index is 0.0674. The first-order valence-corrected chi connectivity index (χ1v) is 7.01. The van der Waals surface area contributed by atoms with Crippen LogP contribution in [0.4, 0.5) is 0 Å². The summed E-state index contributed by atoms with van der Waals surface area (Å²) in [7, 11) is 0. The quantitative estimate of drug-likeness (QED) is 0.477. The number of Topliss-reactive ketones (excluding diaryl/α,β-unsaturated/α-hetero) is 1. The number of carbonyl (C=O) groups excluding carboxylic acids is 2. The Hall–Kier alpha value is -1.94. The fourth-order valence-corrected chi connectivity index (χ4v) is 2.09. The van der Waals surface area contributed by atoms with Crippen molar-refractivity contribution in [2.45, 2.75) is 13.3 Å². The summed E-state index contributed by atoms with van der Waals surface area (Å²) < 4.78 is 6.10. The number of hydrogen-bond donors (Lipinski definition) is 0. The van der Waals surface area contributed by atoms with Crippen molar-refractivity contribution in [3.05, 3.63) is 64.1 Å². The van der Waals surface area contributed by atoms with Crippen molar-refractivity contribution in [3.8, 4) is 5.75 Å². The number of rotatable bonds is 4. The van der Waals surface area contributed by atoms with E-state index in [2.05, 4.69) is 15.9 Å². The number of esters is 1. The molecule has 0 saturated carbocycles. The van der Waals surface area contributed by atoms with Crippen LogP contribution in [0.1, 0.15) is 34.1 Å². The first-order valence-electron chi connectivity index (χ1n) is 6.21. The van der Waals surface area contributed by atoms with E-state index in [9.17, 15) is 9.59 Å². The third-order valence-electron chi connectivity index (χ3n) is 2.78. The molecule has 2 rings (SSSR count). The minimum Gasteiger partial charge on any atom is -0.422 e. The number of hydrogen-bond acceptors (Lipinski definition) is 3. The molecule has 0 radical (unpaired) electrons. The van der Waals surface area contributed by atoms with Crippen LogP contribution in [-0.2, 0) is 0 Å².